The molecule has 3 aliphatic rings. The Morgan fingerprint density at radius 2 is 1.80 bits per heavy atom. The lowest BCUT2D eigenvalue weighted by atomic mass is 9.81. The number of aromatic amines is 1. The van der Waals surface area contributed by atoms with Crippen LogP contribution in [0, 0.1) is 19.8 Å². The second-order valence-electron chi connectivity index (χ2n) is 13.2. The number of aromatic nitrogens is 2. The van der Waals surface area contributed by atoms with Gasteiger partial charge in [-0.3, -0.25) is 9.59 Å². The number of hydrogen-bond donors (Lipinski definition) is 3. The van der Waals surface area contributed by atoms with Gasteiger partial charge in [-0.05, 0) is 83.9 Å². The quantitative estimate of drug-likeness (QED) is 0.292. The molecule has 11 heteroatoms. The molecule has 2 aliphatic heterocycles. The van der Waals surface area contributed by atoms with Crippen molar-refractivity contribution in [2.45, 2.75) is 95.8 Å². The number of H-pyrrole nitrogens is 1. The lowest BCUT2D eigenvalue weighted by Gasteiger charge is -2.36. The highest BCUT2D eigenvalue weighted by Gasteiger charge is 2.47. The summed E-state index contributed by atoms with van der Waals surface area (Å²) in [6.45, 7) is 11.5. The zero-order valence-corrected chi connectivity index (χ0v) is 28.4. The fourth-order valence-electron chi connectivity index (χ4n) is 7.04. The van der Waals surface area contributed by atoms with Crippen LogP contribution in [0.25, 0.3) is 11.1 Å². The molecule has 0 bridgehead atoms. The van der Waals surface area contributed by atoms with Crippen LogP contribution in [0.2, 0.25) is 0 Å². The Balaban J connectivity index is 1.35. The zero-order chi connectivity index (χ0) is 32.7. The number of hydrogen-bond acceptors (Lipinski definition) is 9. The van der Waals surface area contributed by atoms with E-state index in [4.69, 9.17) is 24.9 Å². The van der Waals surface area contributed by atoms with Crippen molar-refractivity contribution in [1.29, 1.82) is 0 Å². The minimum atomic E-state index is -0.882. The third kappa shape index (κ3) is 6.37. The minimum absolute atomic E-state index is 0.0977. The fraction of sp³-hybridized carbons (Fsp3) is 0.514. The predicted molar refractivity (Wildman–Crippen MR) is 181 cm³/mol. The summed E-state index contributed by atoms with van der Waals surface area (Å²) in [6, 6.07) is 8.02. The molecule has 4 heterocycles. The molecule has 10 nitrogen and oxygen atoms in total. The molecule has 3 aromatic rings. The molecule has 246 valence electrons. The molecule has 6 rings (SSSR count). The monoisotopic (exact) mass is 647 g/mol. The summed E-state index contributed by atoms with van der Waals surface area (Å²) >= 11 is 1.48. The van der Waals surface area contributed by atoms with Crippen molar-refractivity contribution in [3.05, 3.63) is 63.2 Å². The van der Waals surface area contributed by atoms with Crippen LogP contribution < -0.4 is 31.0 Å². The first-order valence-corrected chi connectivity index (χ1v) is 17.4. The topological polar surface area (TPSA) is 132 Å². The van der Waals surface area contributed by atoms with Gasteiger partial charge in [0.15, 0.2) is 11.5 Å². The summed E-state index contributed by atoms with van der Waals surface area (Å²) in [6.07, 6.45) is 7.64. The molecule has 3 atom stereocenters. The highest BCUT2D eigenvalue weighted by molar-refractivity contribution is 7.98. The van der Waals surface area contributed by atoms with Gasteiger partial charge in [0.2, 0.25) is 0 Å². The van der Waals surface area contributed by atoms with Crippen LogP contribution in [0.4, 0.5) is 5.82 Å². The van der Waals surface area contributed by atoms with Gasteiger partial charge in [0.1, 0.15) is 5.82 Å². The molecule has 1 aromatic carbocycles. The molecular weight excluding hydrogens is 602 g/mol. The third-order valence-corrected chi connectivity index (χ3v) is 10.3. The normalized spacial score (nSPS) is 25.8. The first-order valence-electron chi connectivity index (χ1n) is 16.2. The van der Waals surface area contributed by atoms with Crippen LogP contribution in [-0.2, 0) is 11.3 Å². The van der Waals surface area contributed by atoms with E-state index in [0.717, 1.165) is 66.3 Å². The van der Waals surface area contributed by atoms with Gasteiger partial charge in [-0.15, -0.1) is 11.8 Å². The van der Waals surface area contributed by atoms with Crippen LogP contribution in [-0.4, -0.2) is 59.3 Å². The lowest BCUT2D eigenvalue weighted by molar-refractivity contribution is -0.120. The molecule has 0 radical (unpaired) electrons. The van der Waals surface area contributed by atoms with Crippen LogP contribution in [0.1, 0.15) is 73.6 Å². The molecule has 1 saturated carbocycles. The maximum atomic E-state index is 13.8. The van der Waals surface area contributed by atoms with Crippen molar-refractivity contribution in [3.8, 4) is 22.6 Å². The second kappa shape index (κ2) is 12.9. The van der Waals surface area contributed by atoms with E-state index in [1.807, 2.05) is 57.5 Å². The summed E-state index contributed by atoms with van der Waals surface area (Å²) in [5.41, 5.74) is 10.0. The number of ether oxygens (including phenoxy) is 3. The summed E-state index contributed by atoms with van der Waals surface area (Å²) in [5.74, 6) is 1.05. The van der Waals surface area contributed by atoms with Gasteiger partial charge in [-0.25, -0.2) is 4.98 Å². The summed E-state index contributed by atoms with van der Waals surface area (Å²) < 4.78 is 19.3. The van der Waals surface area contributed by atoms with Crippen molar-refractivity contribution in [3.63, 3.8) is 0 Å². The zero-order valence-electron chi connectivity index (χ0n) is 27.6. The van der Waals surface area contributed by atoms with Crippen LogP contribution in [0.3, 0.4) is 0 Å². The van der Waals surface area contributed by atoms with Crippen LogP contribution >= 0.6 is 11.8 Å². The number of amides is 1. The Morgan fingerprint density at radius 3 is 2.46 bits per heavy atom. The third-order valence-electron chi connectivity index (χ3n) is 9.53. The first-order chi connectivity index (χ1) is 22.0. The molecule has 1 unspecified atom stereocenters. The van der Waals surface area contributed by atoms with E-state index in [1.165, 1.54) is 11.8 Å². The number of thioether (sulfide) groups is 1. The van der Waals surface area contributed by atoms with Crippen LogP contribution in [0.15, 0.2) is 40.2 Å². The Labute approximate surface area is 274 Å². The van der Waals surface area contributed by atoms with Crippen molar-refractivity contribution < 1.29 is 19.0 Å². The number of anilines is 1. The number of aryl methyl sites for hydroxylation is 1. The number of rotatable bonds is 7. The van der Waals surface area contributed by atoms with E-state index in [-0.39, 0.29) is 42.2 Å². The lowest BCUT2D eigenvalue weighted by Crippen LogP contribution is -2.46. The van der Waals surface area contributed by atoms with Gasteiger partial charge in [-0.1, -0.05) is 0 Å². The number of carbonyl (C=O) groups excluding carboxylic acids is 1. The van der Waals surface area contributed by atoms with Gasteiger partial charge in [0, 0.05) is 83.1 Å². The number of nitrogens with two attached hydrogens (primary N) is 1. The number of morpholine rings is 1. The number of fused-ring (bicyclic) bond motifs is 1. The summed E-state index contributed by atoms with van der Waals surface area (Å²) in [5, 5.41) is 2.99. The van der Waals surface area contributed by atoms with Crippen molar-refractivity contribution in [2.75, 3.05) is 24.2 Å². The van der Waals surface area contributed by atoms with Gasteiger partial charge in [0.25, 0.3) is 17.3 Å². The molecule has 4 N–H and O–H groups in total. The van der Waals surface area contributed by atoms with Gasteiger partial charge >= 0.3 is 0 Å². The smallest absolute Gasteiger partial charge is 0.254 e. The van der Waals surface area contributed by atoms with Crippen molar-refractivity contribution >= 4 is 23.5 Å². The summed E-state index contributed by atoms with van der Waals surface area (Å²) in [7, 11) is 0. The Morgan fingerprint density at radius 1 is 1.11 bits per heavy atom. The van der Waals surface area contributed by atoms with Crippen molar-refractivity contribution in [1.82, 2.24) is 15.3 Å². The molecule has 2 aromatic heterocycles. The highest BCUT2D eigenvalue weighted by Crippen LogP contribution is 2.52. The average Bonchev–Trinajstić information content (AvgIpc) is 3.39. The largest absolute Gasteiger partial charge is 0.448 e. The maximum Gasteiger partial charge on any atom is 0.254 e. The Kier molecular flexibility index (Phi) is 9.11. The number of benzene rings is 1. The SMILES string of the molecule is CSc1cc(C)[nH]c(=O)c1CNC(=O)c1cc(-c2ccc(N3C[C@@H](C)O[C@@H](C)C3)nc2)c2c(c1C)OC(C)(C1CCC(N)CC1)O2. The molecule has 1 saturated heterocycles. The number of nitrogens with one attached hydrogen (secondary N) is 2. The van der Waals surface area contributed by atoms with E-state index in [9.17, 15) is 9.59 Å². The average molecular weight is 648 g/mol. The fourth-order valence-corrected chi connectivity index (χ4v) is 7.75. The minimum Gasteiger partial charge on any atom is -0.448 e. The molecule has 1 aliphatic carbocycles. The Bertz CT molecular complexity index is 1660. The maximum absolute atomic E-state index is 13.8. The Hall–Kier alpha value is -3.54. The standard InChI is InChI=1S/C35H45N5O5S/c1-19-13-29(46-6)28(34(42)39-19)16-38-33(41)26-14-27(23-7-12-30(37-15-23)40-17-20(2)43-21(3)18-40)32-31(22(26)4)44-35(5,45-32)24-8-10-25(36)11-9-24/h7,12-15,20-21,24-25H,8-11,16-18,36H2,1-6H3,(H,38,41)(H,39,42)/t20-,21+,24?,25?,35?. The number of nitrogens with zero attached hydrogens (tertiary/aromatic N) is 2. The molecule has 2 fully saturated rings. The van der Waals surface area contributed by atoms with E-state index in [1.54, 1.807) is 0 Å². The molecule has 1 amide bonds. The summed E-state index contributed by atoms with van der Waals surface area (Å²) in [4.78, 5) is 37.4. The number of carbonyl (C=O) groups is 1. The van der Waals surface area contributed by atoms with E-state index < -0.39 is 5.79 Å². The van der Waals surface area contributed by atoms with Gasteiger partial charge < -0.3 is 35.1 Å². The van der Waals surface area contributed by atoms with Crippen molar-refractivity contribution in [2.24, 2.45) is 11.7 Å². The van der Waals surface area contributed by atoms with E-state index in [0.29, 0.717) is 28.2 Å². The second-order valence-corrected chi connectivity index (χ2v) is 14.0. The van der Waals surface area contributed by atoms with Gasteiger partial charge in [-0.2, -0.15) is 0 Å². The highest BCUT2D eigenvalue weighted by atomic mass is 32.2. The van der Waals surface area contributed by atoms with E-state index >= 15 is 0 Å². The number of pyridine rings is 2. The first kappa shape index (κ1) is 32.4. The molecule has 46 heavy (non-hydrogen) atoms. The molecular formula is C35H45N5O5S. The van der Waals surface area contributed by atoms with E-state index in [2.05, 4.69) is 29.0 Å². The van der Waals surface area contributed by atoms with Crippen LogP contribution in [0.5, 0.6) is 11.5 Å². The van der Waals surface area contributed by atoms with Gasteiger partial charge in [0.05, 0.1) is 12.2 Å². The predicted octanol–water partition coefficient (Wildman–Crippen LogP) is 5.32. The molecule has 0 spiro atoms.